The van der Waals surface area contributed by atoms with Crippen LogP contribution in [0.5, 0.6) is 0 Å². The molecule has 1 unspecified atom stereocenters. The first-order chi connectivity index (χ1) is 9.34. The molecule has 0 bridgehead atoms. The third-order valence-electron chi connectivity index (χ3n) is 3.33. The van der Waals surface area contributed by atoms with Crippen LogP contribution in [0.1, 0.15) is 27.0 Å². The van der Waals surface area contributed by atoms with Gasteiger partial charge in [0, 0.05) is 10.9 Å². The molecule has 1 N–H and O–H groups in total. The normalized spacial score (nSPS) is 13.8. The molecule has 2 aromatic carbocycles. The Morgan fingerprint density at radius 1 is 1.00 bits per heavy atom. The summed E-state index contributed by atoms with van der Waals surface area (Å²) < 4.78 is 12.6. The second kappa shape index (κ2) is 5.35. The van der Waals surface area contributed by atoms with Crippen LogP contribution in [0.2, 0.25) is 0 Å². The van der Waals surface area contributed by atoms with E-state index in [1.165, 1.54) is 6.07 Å². The summed E-state index contributed by atoms with van der Waals surface area (Å²) >= 11 is 0. The van der Waals surface area contributed by atoms with Gasteiger partial charge >= 0.3 is 0 Å². The van der Waals surface area contributed by atoms with Crippen LogP contribution in [0.3, 0.4) is 0 Å². The van der Waals surface area contributed by atoms with E-state index in [-0.39, 0.29) is 5.30 Å². The molecule has 0 heterocycles. The zero-order chi connectivity index (χ0) is 14.9. The number of benzene rings is 2. The first kappa shape index (κ1) is 14.7. The van der Waals surface area contributed by atoms with E-state index >= 15 is 0 Å². The molecule has 2 aromatic rings. The smallest absolute Gasteiger partial charge is 0.298 e. The van der Waals surface area contributed by atoms with Crippen LogP contribution in [0.25, 0.3) is 0 Å². The Morgan fingerprint density at radius 2 is 1.65 bits per heavy atom. The first-order valence-electron chi connectivity index (χ1n) is 6.35. The van der Waals surface area contributed by atoms with Gasteiger partial charge in [0.05, 0.1) is 0 Å². The molecule has 1 atom stereocenters. The summed E-state index contributed by atoms with van der Waals surface area (Å²) in [7, 11) is -4.08. The Hall–Kier alpha value is -1.70. The molecule has 0 spiro atoms. The number of rotatable bonds is 3. The van der Waals surface area contributed by atoms with Crippen molar-refractivity contribution in [1.29, 1.82) is 0 Å². The highest BCUT2D eigenvalue weighted by Crippen LogP contribution is 2.44. The van der Waals surface area contributed by atoms with Crippen LogP contribution in [-0.4, -0.2) is 10.4 Å². The van der Waals surface area contributed by atoms with Crippen LogP contribution in [-0.2, 0) is 4.57 Å². The number of carbonyl (C=O) groups is 1. The molecule has 4 heteroatoms. The maximum atomic E-state index is 12.6. The van der Waals surface area contributed by atoms with Gasteiger partial charge in [0.25, 0.3) is 12.9 Å². The Labute approximate surface area is 118 Å². The lowest BCUT2D eigenvalue weighted by Crippen LogP contribution is -2.16. The van der Waals surface area contributed by atoms with Crippen molar-refractivity contribution >= 4 is 18.2 Å². The van der Waals surface area contributed by atoms with Gasteiger partial charge < -0.3 is 4.89 Å². The first-order valence-corrected chi connectivity index (χ1v) is 8.01. The monoisotopic (exact) mass is 288 g/mol. The zero-order valence-electron chi connectivity index (χ0n) is 11.8. The van der Waals surface area contributed by atoms with E-state index in [4.69, 9.17) is 0 Å². The molecule has 20 heavy (non-hydrogen) atoms. The second-order valence-electron chi connectivity index (χ2n) is 4.99. The van der Waals surface area contributed by atoms with Gasteiger partial charge in [0.2, 0.25) is 0 Å². The third-order valence-corrected chi connectivity index (χ3v) is 5.28. The van der Waals surface area contributed by atoms with E-state index in [1.54, 1.807) is 44.2 Å². The fourth-order valence-corrected chi connectivity index (χ4v) is 3.87. The summed E-state index contributed by atoms with van der Waals surface area (Å²) in [5.41, 5.74) is 1.99. The minimum absolute atomic E-state index is 0.213. The third kappa shape index (κ3) is 2.60. The Balaban J connectivity index is 2.52. The summed E-state index contributed by atoms with van der Waals surface area (Å²) in [6.07, 6.45) is 0. The fourth-order valence-electron chi connectivity index (χ4n) is 2.23. The topological polar surface area (TPSA) is 54.4 Å². The van der Waals surface area contributed by atoms with Gasteiger partial charge in [-0.25, -0.2) is 0 Å². The summed E-state index contributed by atoms with van der Waals surface area (Å²) in [5, 5.41) is 0.213. The lowest BCUT2D eigenvalue weighted by molar-refractivity contribution is 0.106. The molecule has 0 aliphatic carbocycles. The zero-order valence-corrected chi connectivity index (χ0v) is 12.6. The fraction of sp³-hybridized carbons (Fsp3) is 0.188. The molecular weight excluding hydrogens is 271 g/mol. The molecule has 0 aromatic heterocycles. The largest absolute Gasteiger partial charge is 0.336 e. The SMILES string of the molecule is Cc1ccc(C(=O)P(=O)(O)c2ccccc2C)c(C)c1. The lowest BCUT2D eigenvalue weighted by atomic mass is 10.1. The van der Waals surface area contributed by atoms with Crippen molar-refractivity contribution in [3.63, 3.8) is 0 Å². The number of hydrogen-bond donors (Lipinski definition) is 1. The Bertz CT molecular complexity index is 719. The van der Waals surface area contributed by atoms with Crippen molar-refractivity contribution in [3.8, 4) is 0 Å². The molecule has 0 saturated carbocycles. The molecule has 3 nitrogen and oxygen atoms in total. The van der Waals surface area contributed by atoms with Gasteiger partial charge in [0.15, 0.2) is 0 Å². The van der Waals surface area contributed by atoms with E-state index < -0.39 is 12.9 Å². The highest BCUT2D eigenvalue weighted by Gasteiger charge is 2.34. The van der Waals surface area contributed by atoms with Gasteiger partial charge in [-0.1, -0.05) is 42.0 Å². The van der Waals surface area contributed by atoms with Crippen molar-refractivity contribution < 1.29 is 14.3 Å². The quantitative estimate of drug-likeness (QED) is 0.881. The van der Waals surface area contributed by atoms with E-state index in [2.05, 4.69) is 0 Å². The number of carbonyl (C=O) groups excluding carboxylic acids is 1. The van der Waals surface area contributed by atoms with Crippen molar-refractivity contribution in [1.82, 2.24) is 0 Å². The van der Waals surface area contributed by atoms with E-state index in [0.29, 0.717) is 11.1 Å². The Morgan fingerprint density at radius 3 is 2.25 bits per heavy atom. The maximum Gasteiger partial charge on any atom is 0.298 e. The van der Waals surface area contributed by atoms with Crippen molar-refractivity contribution in [2.75, 3.05) is 0 Å². The summed E-state index contributed by atoms with van der Waals surface area (Å²) in [6.45, 7) is 5.42. The van der Waals surface area contributed by atoms with Crippen molar-refractivity contribution in [2.24, 2.45) is 0 Å². The molecule has 0 saturated heterocycles. The molecule has 0 radical (unpaired) electrons. The minimum atomic E-state index is -4.08. The average molecular weight is 288 g/mol. The van der Waals surface area contributed by atoms with Crippen molar-refractivity contribution in [3.05, 3.63) is 64.7 Å². The number of aryl methyl sites for hydroxylation is 3. The van der Waals surface area contributed by atoms with Gasteiger partial charge in [-0.3, -0.25) is 9.36 Å². The standard InChI is InChI=1S/C16H17O3P/c1-11-8-9-14(13(3)10-11)16(17)20(18,19)15-7-5-4-6-12(15)2/h4-10H,1-3H3,(H,18,19). The Kier molecular flexibility index (Phi) is 3.94. The molecule has 0 aliphatic heterocycles. The van der Waals surface area contributed by atoms with E-state index in [0.717, 1.165) is 11.1 Å². The van der Waals surface area contributed by atoms with Crippen LogP contribution in [0.4, 0.5) is 0 Å². The van der Waals surface area contributed by atoms with Crippen LogP contribution in [0, 0.1) is 20.8 Å². The molecule has 0 amide bonds. The summed E-state index contributed by atoms with van der Waals surface area (Å²) in [6, 6.07) is 11.9. The maximum absolute atomic E-state index is 12.6. The van der Waals surface area contributed by atoms with E-state index in [9.17, 15) is 14.3 Å². The van der Waals surface area contributed by atoms with Gasteiger partial charge in [-0.2, -0.15) is 0 Å². The van der Waals surface area contributed by atoms with Crippen molar-refractivity contribution in [2.45, 2.75) is 20.8 Å². The van der Waals surface area contributed by atoms with Gasteiger partial charge in [0.1, 0.15) is 0 Å². The van der Waals surface area contributed by atoms with Crippen LogP contribution in [0.15, 0.2) is 42.5 Å². The highest BCUT2D eigenvalue weighted by atomic mass is 31.2. The predicted molar refractivity (Wildman–Crippen MR) is 80.9 cm³/mol. The predicted octanol–water partition coefficient (Wildman–Crippen LogP) is 3.35. The van der Waals surface area contributed by atoms with E-state index in [1.807, 2.05) is 13.0 Å². The molecule has 0 aliphatic rings. The van der Waals surface area contributed by atoms with Crippen LogP contribution < -0.4 is 5.30 Å². The molecule has 2 rings (SSSR count). The minimum Gasteiger partial charge on any atom is -0.336 e. The second-order valence-corrected chi connectivity index (χ2v) is 7.03. The summed E-state index contributed by atoms with van der Waals surface area (Å²) in [5.74, 6) is 0. The molecular formula is C16H17O3P. The average Bonchev–Trinajstić information content (AvgIpc) is 2.38. The molecule has 104 valence electrons. The lowest BCUT2D eigenvalue weighted by Gasteiger charge is -2.14. The summed E-state index contributed by atoms with van der Waals surface area (Å²) in [4.78, 5) is 22.7. The van der Waals surface area contributed by atoms with Crippen LogP contribution >= 0.6 is 7.37 Å². The molecule has 0 fully saturated rings. The number of hydrogen-bond acceptors (Lipinski definition) is 2. The van der Waals surface area contributed by atoms with Gasteiger partial charge in [-0.05, 0) is 38.0 Å². The highest BCUT2D eigenvalue weighted by molar-refractivity contribution is 7.82. The van der Waals surface area contributed by atoms with Gasteiger partial charge in [-0.15, -0.1) is 0 Å².